The third-order valence-corrected chi connectivity index (χ3v) is 7.72. The second kappa shape index (κ2) is 11.1. The topological polar surface area (TPSA) is 100 Å². The van der Waals surface area contributed by atoms with Gasteiger partial charge in [-0.05, 0) is 38.5 Å². The molecule has 2 amide bonds. The van der Waals surface area contributed by atoms with Crippen molar-refractivity contribution in [1.82, 2.24) is 15.6 Å². The Morgan fingerprint density at radius 1 is 1.10 bits per heavy atom. The Bertz CT molecular complexity index is 657. The van der Waals surface area contributed by atoms with Crippen LogP contribution in [0.5, 0.6) is 0 Å². The van der Waals surface area contributed by atoms with Crippen LogP contribution in [-0.4, -0.2) is 65.8 Å². The average molecular weight is 439 g/mol. The minimum absolute atomic E-state index is 0.0732. The van der Waals surface area contributed by atoms with Crippen LogP contribution >= 0.6 is 11.8 Å². The van der Waals surface area contributed by atoms with Crippen LogP contribution in [0.1, 0.15) is 58.3 Å². The number of rotatable bonds is 6. The number of ketones is 1. The van der Waals surface area contributed by atoms with E-state index in [0.29, 0.717) is 37.3 Å². The molecule has 0 aromatic rings. The molecule has 0 aromatic heterocycles. The molecule has 9 heteroatoms. The standard InChI is InChI=1S/C21H34N4O4S/c1-14-13-30-21(25(14)2)24-23-20(28)18(26)17(15-9-11-29-12-10-15)22-19(27)16-7-5-3-4-6-8-16/h14-17H,3-13H2,1-2H3,(H,22,27)(H,23,28)/b24-21-/t14-,17?/m0/s1. The van der Waals surface area contributed by atoms with E-state index in [4.69, 9.17) is 4.74 Å². The number of Topliss-reactive ketones (excluding diaryl/α,β-unsaturated/α-hetero) is 1. The molecule has 168 valence electrons. The van der Waals surface area contributed by atoms with Gasteiger partial charge in [-0.1, -0.05) is 37.4 Å². The fourth-order valence-electron chi connectivity index (χ4n) is 4.26. The Labute approximate surface area is 182 Å². The molecule has 0 aromatic carbocycles. The normalized spacial score (nSPS) is 26.3. The highest BCUT2D eigenvalue weighted by atomic mass is 32.2. The van der Waals surface area contributed by atoms with Crippen molar-refractivity contribution in [2.45, 2.75) is 70.4 Å². The minimum Gasteiger partial charge on any atom is -0.381 e. The van der Waals surface area contributed by atoms with Crippen LogP contribution in [0.25, 0.3) is 0 Å². The molecule has 3 fully saturated rings. The van der Waals surface area contributed by atoms with Crippen LogP contribution in [-0.2, 0) is 19.1 Å². The Hall–Kier alpha value is -1.61. The summed E-state index contributed by atoms with van der Waals surface area (Å²) in [5, 5.41) is 7.76. The van der Waals surface area contributed by atoms with E-state index >= 15 is 0 Å². The highest BCUT2D eigenvalue weighted by Gasteiger charge is 2.36. The molecule has 30 heavy (non-hydrogen) atoms. The summed E-state index contributed by atoms with van der Waals surface area (Å²) in [4.78, 5) is 40.5. The largest absolute Gasteiger partial charge is 0.381 e. The van der Waals surface area contributed by atoms with Crippen LogP contribution in [0, 0.1) is 11.8 Å². The molecule has 0 spiro atoms. The molecule has 2 N–H and O–H groups in total. The molecule has 1 aliphatic carbocycles. The maximum absolute atomic E-state index is 13.0. The lowest BCUT2D eigenvalue weighted by Gasteiger charge is -2.30. The Morgan fingerprint density at radius 2 is 1.77 bits per heavy atom. The van der Waals surface area contributed by atoms with E-state index in [9.17, 15) is 14.4 Å². The highest BCUT2D eigenvalue weighted by Crippen LogP contribution is 2.25. The number of carbonyl (C=O) groups is 3. The van der Waals surface area contributed by atoms with Gasteiger partial charge in [0.2, 0.25) is 11.7 Å². The van der Waals surface area contributed by atoms with Crippen molar-refractivity contribution in [2.24, 2.45) is 16.9 Å². The summed E-state index contributed by atoms with van der Waals surface area (Å²) < 4.78 is 5.41. The van der Waals surface area contributed by atoms with Gasteiger partial charge < -0.3 is 15.0 Å². The van der Waals surface area contributed by atoms with E-state index in [1.54, 1.807) is 11.8 Å². The summed E-state index contributed by atoms with van der Waals surface area (Å²) in [5.41, 5.74) is 2.41. The second-order valence-electron chi connectivity index (χ2n) is 8.60. The number of hydrogen-bond acceptors (Lipinski definition) is 6. The lowest BCUT2D eigenvalue weighted by molar-refractivity contribution is -0.142. The first-order valence-electron chi connectivity index (χ1n) is 11.1. The monoisotopic (exact) mass is 438 g/mol. The molecular formula is C21H34N4O4S. The molecule has 2 aliphatic heterocycles. The first-order valence-corrected chi connectivity index (χ1v) is 12.1. The molecule has 0 radical (unpaired) electrons. The number of carbonyl (C=O) groups excluding carboxylic acids is 3. The van der Waals surface area contributed by atoms with Crippen LogP contribution in [0.2, 0.25) is 0 Å². The summed E-state index contributed by atoms with van der Waals surface area (Å²) in [6, 6.07) is -0.493. The molecule has 3 aliphatic rings. The van der Waals surface area contributed by atoms with E-state index in [0.717, 1.165) is 44.3 Å². The van der Waals surface area contributed by atoms with E-state index in [1.807, 2.05) is 11.9 Å². The number of nitrogens with zero attached hydrogens (tertiary/aromatic N) is 2. The van der Waals surface area contributed by atoms with Gasteiger partial charge in [-0.3, -0.25) is 14.4 Å². The van der Waals surface area contributed by atoms with Gasteiger partial charge in [-0.25, -0.2) is 5.43 Å². The van der Waals surface area contributed by atoms with Gasteiger partial charge in [-0.15, -0.1) is 5.10 Å². The fourth-order valence-corrected chi connectivity index (χ4v) is 5.37. The first kappa shape index (κ1) is 23.1. The summed E-state index contributed by atoms with van der Waals surface area (Å²) in [7, 11) is 1.91. The van der Waals surface area contributed by atoms with Gasteiger partial charge in [0.05, 0.1) is 0 Å². The highest BCUT2D eigenvalue weighted by molar-refractivity contribution is 8.14. The van der Waals surface area contributed by atoms with Gasteiger partial charge in [0.15, 0.2) is 5.17 Å². The molecular weight excluding hydrogens is 404 g/mol. The Morgan fingerprint density at radius 3 is 2.37 bits per heavy atom. The van der Waals surface area contributed by atoms with E-state index < -0.39 is 17.7 Å². The van der Waals surface area contributed by atoms with Crippen molar-refractivity contribution in [3.63, 3.8) is 0 Å². The molecule has 8 nitrogen and oxygen atoms in total. The number of amidine groups is 1. The molecule has 2 heterocycles. The van der Waals surface area contributed by atoms with Crippen molar-refractivity contribution in [2.75, 3.05) is 26.0 Å². The lowest BCUT2D eigenvalue weighted by Crippen LogP contribution is -2.53. The van der Waals surface area contributed by atoms with E-state index in [-0.39, 0.29) is 17.7 Å². The zero-order chi connectivity index (χ0) is 21.5. The second-order valence-corrected chi connectivity index (χ2v) is 9.58. The van der Waals surface area contributed by atoms with Crippen molar-refractivity contribution >= 4 is 34.5 Å². The number of ether oxygens (including phenoxy) is 1. The minimum atomic E-state index is -0.822. The van der Waals surface area contributed by atoms with Crippen molar-refractivity contribution in [1.29, 1.82) is 0 Å². The fraction of sp³-hybridized carbons (Fsp3) is 0.810. The van der Waals surface area contributed by atoms with Crippen molar-refractivity contribution < 1.29 is 19.1 Å². The SMILES string of the molecule is C[C@H]1CS/C(=N\NC(=O)C(=O)C(NC(=O)C2CCCCCC2)C2CCOCC2)N1C. The lowest BCUT2D eigenvalue weighted by atomic mass is 9.87. The van der Waals surface area contributed by atoms with Gasteiger partial charge in [-0.2, -0.15) is 0 Å². The van der Waals surface area contributed by atoms with Gasteiger partial charge in [0, 0.05) is 38.0 Å². The summed E-state index contributed by atoms with van der Waals surface area (Å²) in [6.45, 7) is 3.15. The van der Waals surface area contributed by atoms with E-state index in [2.05, 4.69) is 22.8 Å². The summed E-state index contributed by atoms with van der Waals surface area (Å²) in [6.07, 6.45) is 7.38. The maximum Gasteiger partial charge on any atom is 0.309 e. The van der Waals surface area contributed by atoms with Crippen LogP contribution in [0.3, 0.4) is 0 Å². The number of hydrogen-bond donors (Lipinski definition) is 2. The van der Waals surface area contributed by atoms with Crippen LogP contribution in [0.4, 0.5) is 0 Å². The quantitative estimate of drug-likeness (QED) is 0.373. The molecule has 2 atom stereocenters. The third kappa shape index (κ3) is 5.97. The van der Waals surface area contributed by atoms with Gasteiger partial charge in [0.25, 0.3) is 0 Å². The molecule has 2 saturated heterocycles. The predicted octanol–water partition coefficient (Wildman–Crippen LogP) is 1.89. The van der Waals surface area contributed by atoms with Crippen molar-refractivity contribution in [3.8, 4) is 0 Å². The van der Waals surface area contributed by atoms with Crippen molar-refractivity contribution in [3.05, 3.63) is 0 Å². The molecule has 1 saturated carbocycles. The third-order valence-electron chi connectivity index (χ3n) is 6.44. The predicted molar refractivity (Wildman–Crippen MR) is 117 cm³/mol. The summed E-state index contributed by atoms with van der Waals surface area (Å²) >= 11 is 1.54. The van der Waals surface area contributed by atoms with Crippen LogP contribution in [0.15, 0.2) is 5.10 Å². The average Bonchev–Trinajstić information content (AvgIpc) is 2.95. The van der Waals surface area contributed by atoms with Gasteiger partial charge >= 0.3 is 5.91 Å². The molecule has 1 unspecified atom stereocenters. The van der Waals surface area contributed by atoms with Crippen LogP contribution < -0.4 is 10.7 Å². The summed E-state index contributed by atoms with van der Waals surface area (Å²) in [5.74, 6) is -0.762. The number of amides is 2. The zero-order valence-corrected chi connectivity index (χ0v) is 18.8. The number of nitrogens with one attached hydrogen (secondary N) is 2. The smallest absolute Gasteiger partial charge is 0.309 e. The zero-order valence-electron chi connectivity index (χ0n) is 18.0. The Balaban J connectivity index is 1.66. The number of hydrazone groups is 1. The number of thioether (sulfide) groups is 1. The van der Waals surface area contributed by atoms with Gasteiger partial charge in [0.1, 0.15) is 6.04 Å². The molecule has 3 rings (SSSR count). The Kier molecular flexibility index (Phi) is 8.56. The maximum atomic E-state index is 13.0. The molecule has 0 bridgehead atoms. The van der Waals surface area contributed by atoms with E-state index in [1.165, 1.54) is 0 Å². The first-order chi connectivity index (χ1) is 14.5.